The predicted molar refractivity (Wildman–Crippen MR) is 92.1 cm³/mol. The summed E-state index contributed by atoms with van der Waals surface area (Å²) in [6, 6.07) is 5.01. The summed E-state index contributed by atoms with van der Waals surface area (Å²) in [5.41, 5.74) is 0.340. The lowest BCUT2D eigenvalue weighted by Crippen LogP contribution is -2.46. The number of fused-ring (bicyclic) bond motifs is 1. The third kappa shape index (κ3) is 3.29. The minimum Gasteiger partial charge on any atom is -0.480 e. The van der Waals surface area contributed by atoms with Crippen molar-refractivity contribution in [1.29, 1.82) is 0 Å². The van der Waals surface area contributed by atoms with Crippen LogP contribution in [0.1, 0.15) is 49.4 Å². The number of hydrogen-bond donors (Lipinski definition) is 1. The fourth-order valence-electron chi connectivity index (χ4n) is 4.09. The standard InChI is InChI=1S/C18H23NO5S/c1-2-25(23,24)14-9-7-12(8-10-14)17(20)19-15-6-4-3-5-13(15)11-16(19)18(21)22/h7-10,13,15-16H,2-6,11H2,1H3,(H,21,22)/t13-,15+,16-/m0/s1. The van der Waals surface area contributed by atoms with Crippen molar-refractivity contribution in [2.75, 3.05) is 5.75 Å². The van der Waals surface area contributed by atoms with Crippen molar-refractivity contribution < 1.29 is 23.1 Å². The molecule has 0 radical (unpaired) electrons. The molecule has 1 amide bonds. The lowest BCUT2D eigenvalue weighted by molar-refractivity contribution is -0.141. The monoisotopic (exact) mass is 365 g/mol. The number of carbonyl (C=O) groups excluding carboxylic acids is 1. The van der Waals surface area contributed by atoms with Gasteiger partial charge in [0.25, 0.3) is 5.91 Å². The van der Waals surface area contributed by atoms with Gasteiger partial charge in [-0.3, -0.25) is 4.79 Å². The number of amides is 1. The van der Waals surface area contributed by atoms with Crippen LogP contribution in [0, 0.1) is 5.92 Å². The van der Waals surface area contributed by atoms with E-state index in [4.69, 9.17) is 0 Å². The molecule has 2 aliphatic rings. The first-order valence-corrected chi connectivity index (χ1v) is 10.4. The fourth-order valence-corrected chi connectivity index (χ4v) is 4.98. The van der Waals surface area contributed by atoms with Crippen LogP contribution in [0.25, 0.3) is 0 Å². The van der Waals surface area contributed by atoms with Gasteiger partial charge >= 0.3 is 5.97 Å². The fraction of sp³-hybridized carbons (Fsp3) is 0.556. The van der Waals surface area contributed by atoms with E-state index >= 15 is 0 Å². The molecule has 0 spiro atoms. The Morgan fingerprint density at radius 2 is 1.80 bits per heavy atom. The van der Waals surface area contributed by atoms with Gasteiger partial charge < -0.3 is 10.0 Å². The number of likely N-dealkylation sites (tertiary alicyclic amines) is 1. The van der Waals surface area contributed by atoms with Gasteiger partial charge in [0.1, 0.15) is 6.04 Å². The molecule has 3 atom stereocenters. The highest BCUT2D eigenvalue weighted by Crippen LogP contribution is 2.40. The quantitative estimate of drug-likeness (QED) is 0.884. The summed E-state index contributed by atoms with van der Waals surface area (Å²) in [5, 5.41) is 9.54. The van der Waals surface area contributed by atoms with Crippen LogP contribution in [0.2, 0.25) is 0 Å². The summed E-state index contributed by atoms with van der Waals surface area (Å²) in [6.45, 7) is 1.57. The van der Waals surface area contributed by atoms with E-state index in [0.717, 1.165) is 25.7 Å². The zero-order chi connectivity index (χ0) is 18.2. The van der Waals surface area contributed by atoms with Crippen LogP contribution in [0.5, 0.6) is 0 Å². The summed E-state index contributed by atoms with van der Waals surface area (Å²) in [7, 11) is -3.32. The van der Waals surface area contributed by atoms with Gasteiger partial charge in [0.2, 0.25) is 0 Å². The molecule has 1 saturated heterocycles. The molecule has 136 valence electrons. The van der Waals surface area contributed by atoms with E-state index in [1.165, 1.54) is 29.2 Å². The third-order valence-electron chi connectivity index (χ3n) is 5.45. The second-order valence-corrected chi connectivity index (χ2v) is 9.12. The van der Waals surface area contributed by atoms with E-state index in [1.54, 1.807) is 6.92 Å². The first-order valence-electron chi connectivity index (χ1n) is 8.73. The van der Waals surface area contributed by atoms with Crippen molar-refractivity contribution in [1.82, 2.24) is 4.90 Å². The number of aliphatic carboxylic acids is 1. The Kier molecular flexibility index (Phi) is 4.86. The molecule has 2 fully saturated rings. The van der Waals surface area contributed by atoms with Crippen molar-refractivity contribution in [3.63, 3.8) is 0 Å². The van der Waals surface area contributed by atoms with E-state index in [9.17, 15) is 23.1 Å². The number of hydrogen-bond acceptors (Lipinski definition) is 4. The lowest BCUT2D eigenvalue weighted by atomic mass is 9.84. The smallest absolute Gasteiger partial charge is 0.326 e. The zero-order valence-corrected chi connectivity index (χ0v) is 15.0. The Balaban J connectivity index is 1.89. The van der Waals surface area contributed by atoms with E-state index in [1.807, 2.05) is 0 Å². The zero-order valence-electron chi connectivity index (χ0n) is 14.2. The Bertz CT molecular complexity index is 771. The molecule has 0 aromatic heterocycles. The van der Waals surface area contributed by atoms with Gasteiger partial charge in [-0.25, -0.2) is 13.2 Å². The molecule has 1 aliphatic carbocycles. The maximum atomic E-state index is 13.0. The van der Waals surface area contributed by atoms with Crippen molar-refractivity contribution in [2.45, 2.75) is 56.0 Å². The van der Waals surface area contributed by atoms with Crippen molar-refractivity contribution >= 4 is 21.7 Å². The van der Waals surface area contributed by atoms with Gasteiger partial charge in [0.05, 0.1) is 10.6 Å². The van der Waals surface area contributed by atoms with Crippen LogP contribution >= 0.6 is 0 Å². The summed E-state index contributed by atoms with van der Waals surface area (Å²) < 4.78 is 23.8. The van der Waals surface area contributed by atoms with E-state index in [2.05, 4.69) is 0 Å². The van der Waals surface area contributed by atoms with Gasteiger partial charge in [-0.05, 0) is 49.4 Å². The largest absolute Gasteiger partial charge is 0.480 e. The molecule has 3 rings (SSSR count). The van der Waals surface area contributed by atoms with Crippen molar-refractivity contribution in [3.8, 4) is 0 Å². The SMILES string of the molecule is CCS(=O)(=O)c1ccc(C(=O)N2[C@@H]3CCCC[C@H]3C[C@H]2C(=O)O)cc1. The van der Waals surface area contributed by atoms with E-state index in [0.29, 0.717) is 12.0 Å². The molecule has 6 nitrogen and oxygen atoms in total. The Labute approximate surface area is 147 Å². The first kappa shape index (κ1) is 17.9. The molecule has 1 aliphatic heterocycles. The molecular formula is C18H23NO5S. The Morgan fingerprint density at radius 3 is 2.40 bits per heavy atom. The summed E-state index contributed by atoms with van der Waals surface area (Å²) >= 11 is 0. The molecule has 1 aromatic rings. The van der Waals surface area contributed by atoms with Gasteiger partial charge in [-0.1, -0.05) is 19.8 Å². The van der Waals surface area contributed by atoms with Crippen LogP contribution < -0.4 is 0 Å². The lowest BCUT2D eigenvalue weighted by Gasteiger charge is -2.33. The number of carboxylic acid groups (broad SMARTS) is 1. The minimum absolute atomic E-state index is 0.00272. The number of carbonyl (C=O) groups is 2. The molecule has 1 aromatic carbocycles. The molecule has 0 unspecified atom stereocenters. The van der Waals surface area contributed by atoms with Gasteiger partial charge in [-0.15, -0.1) is 0 Å². The number of rotatable bonds is 4. The normalized spacial score (nSPS) is 26.3. The molecule has 1 heterocycles. The predicted octanol–water partition coefficient (Wildman–Crippen LogP) is 2.34. The van der Waals surface area contributed by atoms with Crippen molar-refractivity contribution in [2.24, 2.45) is 5.92 Å². The van der Waals surface area contributed by atoms with Gasteiger partial charge in [0.15, 0.2) is 9.84 Å². The molecular weight excluding hydrogens is 342 g/mol. The second-order valence-electron chi connectivity index (χ2n) is 6.84. The highest BCUT2D eigenvalue weighted by atomic mass is 32.2. The average molecular weight is 365 g/mol. The highest BCUT2D eigenvalue weighted by Gasteiger charge is 2.47. The van der Waals surface area contributed by atoms with Crippen LogP contribution in [-0.4, -0.2) is 48.1 Å². The van der Waals surface area contributed by atoms with Gasteiger partial charge in [-0.2, -0.15) is 0 Å². The van der Waals surface area contributed by atoms with Gasteiger partial charge in [0, 0.05) is 11.6 Å². The Hall–Kier alpha value is -1.89. The van der Waals surface area contributed by atoms with E-state index < -0.39 is 21.8 Å². The van der Waals surface area contributed by atoms with Crippen LogP contribution in [0.3, 0.4) is 0 Å². The highest BCUT2D eigenvalue weighted by molar-refractivity contribution is 7.91. The summed E-state index contributed by atoms with van der Waals surface area (Å²) in [4.78, 5) is 26.3. The summed E-state index contributed by atoms with van der Waals surface area (Å²) in [5.74, 6) is -1.04. The average Bonchev–Trinajstić information content (AvgIpc) is 3.01. The second kappa shape index (κ2) is 6.78. The van der Waals surface area contributed by atoms with Crippen LogP contribution in [0.15, 0.2) is 29.2 Å². The van der Waals surface area contributed by atoms with Crippen LogP contribution in [0.4, 0.5) is 0 Å². The Morgan fingerprint density at radius 1 is 1.16 bits per heavy atom. The number of carboxylic acids is 1. The maximum Gasteiger partial charge on any atom is 0.326 e. The molecule has 1 N–H and O–H groups in total. The third-order valence-corrected chi connectivity index (χ3v) is 7.20. The number of nitrogens with zero attached hydrogens (tertiary/aromatic N) is 1. The number of sulfone groups is 1. The van der Waals surface area contributed by atoms with Crippen molar-refractivity contribution in [3.05, 3.63) is 29.8 Å². The minimum atomic E-state index is -3.32. The maximum absolute atomic E-state index is 13.0. The molecule has 1 saturated carbocycles. The topological polar surface area (TPSA) is 91.8 Å². The molecule has 7 heteroatoms. The van der Waals surface area contributed by atoms with Crippen LogP contribution in [-0.2, 0) is 14.6 Å². The first-order chi connectivity index (χ1) is 11.8. The molecule has 25 heavy (non-hydrogen) atoms. The van der Waals surface area contributed by atoms with E-state index in [-0.39, 0.29) is 28.5 Å². The summed E-state index contributed by atoms with van der Waals surface area (Å²) in [6.07, 6.45) is 4.40. The number of benzene rings is 1. The molecule has 0 bridgehead atoms.